The minimum Gasteiger partial charge on any atom is -0.456 e. The molecule has 0 saturated heterocycles. The maximum absolute atomic E-state index is 11.8. The maximum Gasteiger partial charge on any atom is 0.307 e. The summed E-state index contributed by atoms with van der Waals surface area (Å²) >= 11 is 7.57. The van der Waals surface area contributed by atoms with Gasteiger partial charge in [0.15, 0.2) is 6.61 Å². The Morgan fingerprint density at radius 2 is 1.88 bits per heavy atom. The van der Waals surface area contributed by atoms with Crippen molar-refractivity contribution in [1.82, 2.24) is 0 Å². The summed E-state index contributed by atoms with van der Waals surface area (Å²) < 4.78 is 4.99. The van der Waals surface area contributed by atoms with E-state index < -0.39 is 5.97 Å². The lowest BCUT2D eigenvalue weighted by Gasteiger charge is -2.10. The van der Waals surface area contributed by atoms with Crippen LogP contribution in [-0.4, -0.2) is 24.2 Å². The number of halogens is 1. The van der Waals surface area contributed by atoms with Gasteiger partial charge in [-0.15, -0.1) is 11.8 Å². The normalized spacial score (nSPS) is 10.2. The van der Waals surface area contributed by atoms with E-state index in [1.54, 1.807) is 30.0 Å². The zero-order chi connectivity index (χ0) is 17.4. The van der Waals surface area contributed by atoms with Gasteiger partial charge in [-0.25, -0.2) is 0 Å². The molecule has 0 unspecified atom stereocenters. The Morgan fingerprint density at radius 1 is 1.12 bits per heavy atom. The number of rotatable bonds is 7. The molecule has 2 aromatic carbocycles. The van der Waals surface area contributed by atoms with E-state index in [2.05, 4.69) is 5.32 Å². The van der Waals surface area contributed by atoms with Crippen molar-refractivity contribution in [2.75, 3.05) is 17.7 Å². The van der Waals surface area contributed by atoms with E-state index in [4.69, 9.17) is 16.3 Å². The van der Waals surface area contributed by atoms with Crippen molar-refractivity contribution in [3.63, 3.8) is 0 Å². The molecule has 24 heavy (non-hydrogen) atoms. The summed E-state index contributed by atoms with van der Waals surface area (Å²) in [5.41, 5.74) is 1.39. The van der Waals surface area contributed by atoms with Gasteiger partial charge in [-0.1, -0.05) is 35.9 Å². The van der Waals surface area contributed by atoms with Gasteiger partial charge in [-0.3, -0.25) is 9.59 Å². The number of amides is 1. The van der Waals surface area contributed by atoms with Gasteiger partial charge in [0.25, 0.3) is 5.91 Å². The molecule has 0 radical (unpaired) electrons. The van der Waals surface area contributed by atoms with Gasteiger partial charge in [0.2, 0.25) is 0 Å². The summed E-state index contributed by atoms with van der Waals surface area (Å²) in [6, 6.07) is 15.0. The third-order valence-corrected chi connectivity index (χ3v) is 4.65. The Bertz CT molecular complexity index is 707. The predicted molar refractivity (Wildman–Crippen MR) is 97.6 cm³/mol. The number of esters is 1. The van der Waals surface area contributed by atoms with Crippen LogP contribution in [-0.2, 0) is 14.3 Å². The number of ether oxygens (including phenoxy) is 1. The van der Waals surface area contributed by atoms with Gasteiger partial charge in [0, 0.05) is 21.4 Å². The Kier molecular flexibility index (Phi) is 7.15. The smallest absolute Gasteiger partial charge is 0.307 e. The average molecular weight is 364 g/mol. The van der Waals surface area contributed by atoms with E-state index in [1.807, 2.05) is 37.3 Å². The molecule has 0 aliphatic rings. The zero-order valence-corrected chi connectivity index (χ0v) is 14.8. The molecule has 126 valence electrons. The first-order valence-electron chi connectivity index (χ1n) is 7.44. The summed E-state index contributed by atoms with van der Waals surface area (Å²) in [6.45, 7) is 1.51. The third-order valence-electron chi connectivity index (χ3n) is 3.22. The molecule has 1 amide bonds. The molecule has 6 heteroatoms. The van der Waals surface area contributed by atoms with E-state index in [-0.39, 0.29) is 18.9 Å². The molecule has 0 bridgehead atoms. The number of thioether (sulfide) groups is 1. The minimum absolute atomic E-state index is 0.253. The second-order valence-corrected chi connectivity index (χ2v) is 6.61. The van der Waals surface area contributed by atoms with Crippen LogP contribution < -0.4 is 5.32 Å². The molecule has 0 heterocycles. The molecule has 2 aromatic rings. The molecule has 0 aliphatic carbocycles. The predicted octanol–water partition coefficient (Wildman–Crippen LogP) is 4.31. The van der Waals surface area contributed by atoms with Crippen molar-refractivity contribution in [2.24, 2.45) is 0 Å². The largest absolute Gasteiger partial charge is 0.456 e. The van der Waals surface area contributed by atoms with Gasteiger partial charge < -0.3 is 10.1 Å². The molecule has 2 rings (SSSR count). The van der Waals surface area contributed by atoms with E-state index in [0.29, 0.717) is 16.5 Å². The standard InChI is InChI=1S/C18H18ClNO3S/c1-13-15(19)8-5-9-16(13)20-17(21)12-23-18(22)10-11-24-14-6-3-2-4-7-14/h2-9H,10-12H2,1H3,(H,20,21). The number of benzene rings is 2. The molecule has 0 spiro atoms. The molecular formula is C18H18ClNO3S. The maximum atomic E-state index is 11.8. The van der Waals surface area contributed by atoms with Crippen LogP contribution in [0.15, 0.2) is 53.4 Å². The SMILES string of the molecule is Cc1c(Cl)cccc1NC(=O)COC(=O)CCSc1ccccc1. The van der Waals surface area contributed by atoms with Gasteiger partial charge in [-0.2, -0.15) is 0 Å². The fourth-order valence-corrected chi connectivity index (χ4v) is 2.94. The summed E-state index contributed by atoms with van der Waals surface area (Å²) in [5, 5.41) is 3.25. The van der Waals surface area contributed by atoms with Gasteiger partial charge in [0.1, 0.15) is 0 Å². The third kappa shape index (κ3) is 5.91. The second-order valence-electron chi connectivity index (χ2n) is 5.03. The average Bonchev–Trinajstić information content (AvgIpc) is 2.58. The summed E-state index contributed by atoms with van der Waals surface area (Å²) in [4.78, 5) is 24.6. The Labute approximate surface area is 150 Å². The van der Waals surface area contributed by atoms with Crippen molar-refractivity contribution < 1.29 is 14.3 Å². The van der Waals surface area contributed by atoms with Crippen LogP contribution in [0.1, 0.15) is 12.0 Å². The molecule has 0 fully saturated rings. The summed E-state index contributed by atoms with van der Waals surface area (Å²) in [6.07, 6.45) is 0.253. The lowest BCUT2D eigenvalue weighted by atomic mass is 10.2. The first-order chi connectivity index (χ1) is 11.6. The minimum atomic E-state index is -0.392. The van der Waals surface area contributed by atoms with E-state index >= 15 is 0 Å². The van der Waals surface area contributed by atoms with E-state index in [1.165, 1.54) is 0 Å². The van der Waals surface area contributed by atoms with Crippen molar-refractivity contribution in [3.05, 3.63) is 59.1 Å². The van der Waals surface area contributed by atoms with Gasteiger partial charge in [-0.05, 0) is 36.8 Å². The fourth-order valence-electron chi connectivity index (χ4n) is 1.92. The molecule has 0 aromatic heterocycles. The number of nitrogens with one attached hydrogen (secondary N) is 1. The quantitative estimate of drug-likeness (QED) is 0.588. The van der Waals surface area contributed by atoms with Crippen LogP contribution in [0.3, 0.4) is 0 Å². The topological polar surface area (TPSA) is 55.4 Å². The number of anilines is 1. The number of hydrogen-bond acceptors (Lipinski definition) is 4. The molecule has 0 saturated carbocycles. The molecule has 4 nitrogen and oxygen atoms in total. The summed E-state index contributed by atoms with van der Waals surface area (Å²) in [7, 11) is 0. The summed E-state index contributed by atoms with van der Waals surface area (Å²) in [5.74, 6) is -0.168. The Balaban J connectivity index is 1.69. The van der Waals surface area contributed by atoms with Crippen molar-refractivity contribution >= 4 is 40.9 Å². The van der Waals surface area contributed by atoms with Crippen LogP contribution in [0.25, 0.3) is 0 Å². The lowest BCUT2D eigenvalue weighted by Crippen LogP contribution is -2.21. The molecule has 0 atom stereocenters. The van der Waals surface area contributed by atoms with E-state index in [0.717, 1.165) is 10.5 Å². The van der Waals surface area contributed by atoms with Crippen LogP contribution in [0.5, 0.6) is 0 Å². The number of hydrogen-bond donors (Lipinski definition) is 1. The van der Waals surface area contributed by atoms with Crippen LogP contribution in [0.2, 0.25) is 5.02 Å². The number of carbonyl (C=O) groups is 2. The highest BCUT2D eigenvalue weighted by atomic mass is 35.5. The monoisotopic (exact) mass is 363 g/mol. The van der Waals surface area contributed by atoms with Crippen LogP contribution >= 0.6 is 23.4 Å². The Morgan fingerprint density at radius 3 is 2.62 bits per heavy atom. The molecule has 0 aliphatic heterocycles. The van der Waals surface area contributed by atoms with E-state index in [9.17, 15) is 9.59 Å². The van der Waals surface area contributed by atoms with Gasteiger partial charge in [0.05, 0.1) is 6.42 Å². The lowest BCUT2D eigenvalue weighted by molar-refractivity contribution is -0.146. The van der Waals surface area contributed by atoms with Crippen molar-refractivity contribution in [3.8, 4) is 0 Å². The highest BCUT2D eigenvalue weighted by molar-refractivity contribution is 7.99. The zero-order valence-electron chi connectivity index (χ0n) is 13.3. The molecule has 1 N–H and O–H groups in total. The molecular weight excluding hydrogens is 346 g/mol. The Hall–Kier alpha value is -1.98. The highest BCUT2D eigenvalue weighted by Crippen LogP contribution is 2.22. The fraction of sp³-hybridized carbons (Fsp3) is 0.222. The van der Waals surface area contributed by atoms with Crippen molar-refractivity contribution in [1.29, 1.82) is 0 Å². The number of carbonyl (C=O) groups excluding carboxylic acids is 2. The van der Waals surface area contributed by atoms with Crippen LogP contribution in [0.4, 0.5) is 5.69 Å². The second kappa shape index (κ2) is 9.35. The van der Waals surface area contributed by atoms with Crippen LogP contribution in [0, 0.1) is 6.92 Å². The van der Waals surface area contributed by atoms with Gasteiger partial charge >= 0.3 is 5.97 Å². The first-order valence-corrected chi connectivity index (χ1v) is 8.81. The highest BCUT2D eigenvalue weighted by Gasteiger charge is 2.10. The van der Waals surface area contributed by atoms with Crippen molar-refractivity contribution in [2.45, 2.75) is 18.2 Å². The first kappa shape index (κ1) is 18.4.